The number of nitrogens with one attached hydrogen (secondary N) is 2. The lowest BCUT2D eigenvalue weighted by Gasteiger charge is -2.07. The number of carbonyl (C=O) groups excluding carboxylic acids is 1. The topological polar surface area (TPSA) is 84.0 Å². The Morgan fingerprint density at radius 2 is 1.96 bits per heavy atom. The number of hydrogen-bond donors (Lipinski definition) is 2. The molecule has 0 spiro atoms. The second kappa shape index (κ2) is 7.14. The molecule has 0 atom stereocenters. The molecule has 3 aromatic rings. The van der Waals surface area contributed by atoms with Crippen LogP contribution in [-0.2, 0) is 17.9 Å². The van der Waals surface area contributed by atoms with Gasteiger partial charge in [-0.15, -0.1) is 11.3 Å². The average Bonchev–Trinajstić information content (AvgIpc) is 3.02. The van der Waals surface area contributed by atoms with Gasteiger partial charge in [0.2, 0.25) is 5.91 Å². The Hall–Kier alpha value is -2.19. The monoisotopic (exact) mass is 407 g/mol. The number of nitrogens with zero attached hydrogens (tertiary/aromatic N) is 1. The van der Waals surface area contributed by atoms with Gasteiger partial charge in [-0.2, -0.15) is 0 Å². The molecule has 3 rings (SSSR count). The lowest BCUT2D eigenvalue weighted by atomic mass is 10.2. The zero-order valence-corrected chi connectivity index (χ0v) is 14.9. The molecule has 0 unspecified atom stereocenters. The fraction of sp³-hybridized carbons (Fsp3) is 0.188. The number of fused-ring (bicyclic) bond motifs is 1. The molecule has 2 heterocycles. The van der Waals surface area contributed by atoms with E-state index in [2.05, 4.69) is 26.2 Å². The van der Waals surface area contributed by atoms with Gasteiger partial charge in [-0.05, 0) is 29.1 Å². The van der Waals surface area contributed by atoms with Crippen molar-refractivity contribution in [3.63, 3.8) is 0 Å². The summed E-state index contributed by atoms with van der Waals surface area (Å²) < 4.78 is 2.53. The molecule has 0 aliphatic carbocycles. The fourth-order valence-corrected chi connectivity index (χ4v) is 3.34. The van der Waals surface area contributed by atoms with Gasteiger partial charge in [-0.25, -0.2) is 4.79 Å². The van der Waals surface area contributed by atoms with Gasteiger partial charge in [0, 0.05) is 24.0 Å². The average molecular weight is 408 g/mol. The normalized spacial score (nSPS) is 10.9. The zero-order chi connectivity index (χ0) is 17.1. The Kier molecular flexibility index (Phi) is 4.96. The third-order valence-corrected chi connectivity index (χ3v) is 4.99. The SMILES string of the molecule is O=C(CCn1c(=O)[nH]c2ccsc2c1=O)NCc1ccc(Br)cc1. The highest BCUT2D eigenvalue weighted by Crippen LogP contribution is 2.12. The van der Waals surface area contributed by atoms with Crippen LogP contribution in [0.1, 0.15) is 12.0 Å². The number of thiophene rings is 1. The maximum atomic E-state index is 12.3. The second-order valence-electron chi connectivity index (χ2n) is 5.20. The summed E-state index contributed by atoms with van der Waals surface area (Å²) in [6.45, 7) is 0.454. The third-order valence-electron chi connectivity index (χ3n) is 3.56. The molecule has 124 valence electrons. The standard InChI is InChI=1S/C16H14BrN3O3S/c17-11-3-1-10(2-4-11)9-18-13(21)5-7-20-15(22)14-12(6-8-24-14)19-16(20)23/h1-4,6,8H,5,7,9H2,(H,18,21)(H,19,23). The van der Waals surface area contributed by atoms with Crippen LogP contribution in [0, 0.1) is 0 Å². The number of rotatable bonds is 5. The van der Waals surface area contributed by atoms with Crippen LogP contribution < -0.4 is 16.6 Å². The largest absolute Gasteiger partial charge is 0.352 e. The number of carbonyl (C=O) groups is 1. The Bertz CT molecular complexity index is 988. The van der Waals surface area contributed by atoms with Crippen LogP contribution in [-0.4, -0.2) is 15.5 Å². The van der Waals surface area contributed by atoms with Crippen molar-refractivity contribution in [3.8, 4) is 0 Å². The summed E-state index contributed by atoms with van der Waals surface area (Å²) in [7, 11) is 0. The molecule has 24 heavy (non-hydrogen) atoms. The maximum absolute atomic E-state index is 12.3. The van der Waals surface area contributed by atoms with E-state index in [1.807, 2.05) is 24.3 Å². The molecule has 0 saturated carbocycles. The van der Waals surface area contributed by atoms with Crippen molar-refractivity contribution in [3.05, 3.63) is 66.6 Å². The third kappa shape index (κ3) is 3.65. The number of aromatic amines is 1. The van der Waals surface area contributed by atoms with Crippen LogP contribution in [0.4, 0.5) is 0 Å². The molecule has 0 radical (unpaired) electrons. The zero-order valence-electron chi connectivity index (χ0n) is 12.5. The summed E-state index contributed by atoms with van der Waals surface area (Å²) in [5.74, 6) is -0.213. The number of aromatic nitrogens is 2. The van der Waals surface area contributed by atoms with Crippen molar-refractivity contribution in [1.29, 1.82) is 0 Å². The van der Waals surface area contributed by atoms with E-state index in [4.69, 9.17) is 0 Å². The van der Waals surface area contributed by atoms with Crippen LogP contribution in [0.3, 0.4) is 0 Å². The van der Waals surface area contributed by atoms with Crippen LogP contribution in [0.25, 0.3) is 10.2 Å². The van der Waals surface area contributed by atoms with Crippen LogP contribution in [0.5, 0.6) is 0 Å². The first-order chi connectivity index (χ1) is 11.5. The maximum Gasteiger partial charge on any atom is 0.328 e. The molecule has 0 aliphatic rings. The minimum atomic E-state index is -0.494. The van der Waals surface area contributed by atoms with Gasteiger partial charge in [0.25, 0.3) is 5.56 Å². The minimum absolute atomic E-state index is 0.0498. The smallest absolute Gasteiger partial charge is 0.328 e. The van der Waals surface area contributed by atoms with Gasteiger partial charge in [-0.1, -0.05) is 28.1 Å². The highest BCUT2D eigenvalue weighted by atomic mass is 79.9. The molecule has 2 N–H and O–H groups in total. The summed E-state index contributed by atoms with van der Waals surface area (Å²) in [4.78, 5) is 38.8. The predicted octanol–water partition coefficient (Wildman–Crippen LogP) is 2.22. The van der Waals surface area contributed by atoms with Crippen molar-refractivity contribution < 1.29 is 4.79 Å². The molecular weight excluding hydrogens is 394 g/mol. The highest BCUT2D eigenvalue weighted by molar-refractivity contribution is 9.10. The van der Waals surface area contributed by atoms with E-state index < -0.39 is 5.69 Å². The number of hydrogen-bond acceptors (Lipinski definition) is 4. The first-order valence-corrected chi connectivity index (χ1v) is 8.93. The summed E-state index contributed by atoms with van der Waals surface area (Å²) in [5.41, 5.74) is 0.656. The fourth-order valence-electron chi connectivity index (χ4n) is 2.28. The Labute approximate surface area is 149 Å². The van der Waals surface area contributed by atoms with E-state index in [9.17, 15) is 14.4 Å². The Balaban J connectivity index is 1.63. The van der Waals surface area contributed by atoms with E-state index >= 15 is 0 Å². The molecule has 0 bridgehead atoms. The summed E-state index contributed by atoms with van der Waals surface area (Å²) >= 11 is 4.62. The summed E-state index contributed by atoms with van der Waals surface area (Å²) in [5, 5.41) is 4.53. The summed E-state index contributed by atoms with van der Waals surface area (Å²) in [6.07, 6.45) is 0.0659. The minimum Gasteiger partial charge on any atom is -0.352 e. The van der Waals surface area contributed by atoms with Crippen LogP contribution in [0.15, 0.2) is 49.8 Å². The molecule has 1 amide bonds. The van der Waals surface area contributed by atoms with E-state index in [1.165, 1.54) is 11.3 Å². The quantitative estimate of drug-likeness (QED) is 0.679. The van der Waals surface area contributed by atoms with E-state index in [1.54, 1.807) is 11.4 Å². The van der Waals surface area contributed by atoms with Crippen molar-refractivity contribution in [2.45, 2.75) is 19.5 Å². The molecule has 1 aromatic carbocycles. The molecule has 6 nitrogen and oxygen atoms in total. The molecule has 2 aromatic heterocycles. The van der Waals surface area contributed by atoms with Crippen molar-refractivity contribution in [2.75, 3.05) is 0 Å². The number of halogens is 1. The van der Waals surface area contributed by atoms with Crippen molar-refractivity contribution in [2.24, 2.45) is 0 Å². The molecular formula is C16H14BrN3O3S. The van der Waals surface area contributed by atoms with Crippen molar-refractivity contribution in [1.82, 2.24) is 14.9 Å². The lowest BCUT2D eigenvalue weighted by molar-refractivity contribution is -0.121. The van der Waals surface area contributed by atoms with Gasteiger partial charge in [0.15, 0.2) is 0 Å². The van der Waals surface area contributed by atoms with Crippen LogP contribution >= 0.6 is 27.3 Å². The Morgan fingerprint density at radius 3 is 2.71 bits per heavy atom. The predicted molar refractivity (Wildman–Crippen MR) is 97.3 cm³/mol. The Morgan fingerprint density at radius 1 is 1.21 bits per heavy atom. The first-order valence-electron chi connectivity index (χ1n) is 7.26. The van der Waals surface area contributed by atoms with Gasteiger partial charge in [-0.3, -0.25) is 14.2 Å². The van der Waals surface area contributed by atoms with Crippen molar-refractivity contribution >= 4 is 43.4 Å². The lowest BCUT2D eigenvalue weighted by Crippen LogP contribution is -2.36. The van der Waals surface area contributed by atoms with E-state index in [-0.39, 0.29) is 24.4 Å². The number of benzene rings is 1. The highest BCUT2D eigenvalue weighted by Gasteiger charge is 2.10. The van der Waals surface area contributed by atoms with Gasteiger partial charge in [0.05, 0.1) is 5.52 Å². The van der Waals surface area contributed by atoms with Gasteiger partial charge >= 0.3 is 5.69 Å². The first kappa shape index (κ1) is 16.7. The summed E-state index contributed by atoms with van der Waals surface area (Å²) in [6, 6.07) is 9.31. The van der Waals surface area contributed by atoms with Gasteiger partial charge in [0.1, 0.15) is 4.70 Å². The second-order valence-corrected chi connectivity index (χ2v) is 7.04. The molecule has 0 aliphatic heterocycles. The van der Waals surface area contributed by atoms with E-state index in [0.717, 1.165) is 14.6 Å². The molecule has 8 heteroatoms. The molecule has 0 saturated heterocycles. The molecule has 0 fully saturated rings. The van der Waals surface area contributed by atoms with Gasteiger partial charge < -0.3 is 10.3 Å². The number of amides is 1. The number of H-pyrrole nitrogens is 1. The van der Waals surface area contributed by atoms with Crippen LogP contribution in [0.2, 0.25) is 0 Å². The van der Waals surface area contributed by atoms with E-state index in [0.29, 0.717) is 16.8 Å².